The third-order valence-corrected chi connectivity index (χ3v) is 10.2. The van der Waals surface area contributed by atoms with E-state index in [-0.39, 0.29) is 69.8 Å². The van der Waals surface area contributed by atoms with Crippen LogP contribution in [0.3, 0.4) is 0 Å². The predicted molar refractivity (Wildman–Crippen MR) is 153 cm³/mol. The van der Waals surface area contributed by atoms with Gasteiger partial charge in [-0.2, -0.15) is 0 Å². The molecule has 2 amide bonds. The number of aliphatic hydroxyl groups is 1. The fourth-order valence-corrected chi connectivity index (χ4v) is 5.47. The molecule has 218 valence electrons. The number of halogens is 2. The lowest BCUT2D eigenvalue weighted by molar-refractivity contribution is -0.152. The quantitative estimate of drug-likeness (QED) is 0.239. The van der Waals surface area contributed by atoms with Crippen molar-refractivity contribution in [2.24, 2.45) is 23.7 Å². The highest BCUT2D eigenvalue weighted by atomic mass is 79.9. The molecule has 11 heteroatoms. The van der Waals surface area contributed by atoms with Crippen molar-refractivity contribution < 1.29 is 33.8 Å². The zero-order chi connectivity index (χ0) is 29.5. The third-order valence-electron chi connectivity index (χ3n) is 7.31. The van der Waals surface area contributed by atoms with Crippen LogP contribution in [0.15, 0.2) is 12.7 Å². The van der Waals surface area contributed by atoms with Crippen LogP contribution in [-0.2, 0) is 28.7 Å². The molecule has 1 N–H and O–H groups in total. The molecule has 2 fully saturated rings. The number of likely N-dealkylation sites (tertiary alicyclic amines) is 2. The SMILES string of the molecule is C=C[C@@H]1[C@H](C)C[C@@H](C(=O)OC)N1C(=O)C(Br)C(C)C.COC(=O)[C@@H]1C[C@@H](C)[C@@H](CO)N1C(=O)C(Br)C(C)C. The Balaban J connectivity index is 0.000000380. The second-order valence-electron chi connectivity index (χ2n) is 10.8. The van der Waals surface area contributed by atoms with Gasteiger partial charge in [0.2, 0.25) is 11.8 Å². The molecule has 9 nitrogen and oxygen atoms in total. The molecular formula is C27H44Br2N2O7. The van der Waals surface area contributed by atoms with Gasteiger partial charge < -0.3 is 24.4 Å². The summed E-state index contributed by atoms with van der Waals surface area (Å²) in [5.41, 5.74) is 0. The number of hydrogen-bond acceptors (Lipinski definition) is 7. The molecule has 0 aliphatic carbocycles. The van der Waals surface area contributed by atoms with Crippen LogP contribution in [0.4, 0.5) is 0 Å². The summed E-state index contributed by atoms with van der Waals surface area (Å²) in [6.07, 6.45) is 2.89. The van der Waals surface area contributed by atoms with Gasteiger partial charge in [-0.3, -0.25) is 9.59 Å². The van der Waals surface area contributed by atoms with Crippen molar-refractivity contribution in [3.05, 3.63) is 12.7 Å². The maximum Gasteiger partial charge on any atom is 0.328 e. The Hall–Kier alpha value is -1.46. The topological polar surface area (TPSA) is 113 Å². The summed E-state index contributed by atoms with van der Waals surface area (Å²) < 4.78 is 9.58. The second kappa shape index (κ2) is 15.4. The molecule has 2 heterocycles. The van der Waals surface area contributed by atoms with E-state index in [9.17, 15) is 24.3 Å². The Morgan fingerprint density at radius 2 is 1.26 bits per heavy atom. The van der Waals surface area contributed by atoms with E-state index in [2.05, 4.69) is 38.4 Å². The number of amides is 2. The van der Waals surface area contributed by atoms with E-state index in [1.54, 1.807) is 11.0 Å². The van der Waals surface area contributed by atoms with Gasteiger partial charge in [0, 0.05) is 0 Å². The molecule has 0 bridgehead atoms. The first-order chi connectivity index (χ1) is 17.7. The predicted octanol–water partition coefficient (Wildman–Crippen LogP) is 3.55. The molecule has 0 saturated carbocycles. The Morgan fingerprint density at radius 3 is 1.63 bits per heavy atom. The van der Waals surface area contributed by atoms with Gasteiger partial charge in [-0.15, -0.1) is 6.58 Å². The van der Waals surface area contributed by atoms with E-state index in [0.717, 1.165) is 0 Å². The zero-order valence-corrected chi connectivity index (χ0v) is 26.9. The standard InChI is InChI=1S/C14H22BrNO3.C13H22BrNO4/c1-6-10-9(4)7-11(14(18)19-5)16(10)13(17)12(15)8(2)3;1-7(2)11(14)12(17)15-9(13(18)19-4)5-8(3)10(15)6-16/h6,8-12H,1,7H2,2-5H3;7-11,16H,5-6H2,1-4H3/t9-,10-,11+,12?;8-,9+,10-,11?/m11/s1. The van der Waals surface area contributed by atoms with Gasteiger partial charge in [-0.1, -0.05) is 79.5 Å². The average molecular weight is 668 g/mol. The number of carbonyl (C=O) groups is 4. The highest BCUT2D eigenvalue weighted by molar-refractivity contribution is 9.10. The van der Waals surface area contributed by atoms with Gasteiger partial charge in [0.15, 0.2) is 0 Å². The lowest BCUT2D eigenvalue weighted by Gasteiger charge is -2.31. The lowest BCUT2D eigenvalue weighted by atomic mass is 10.0. The number of rotatable bonds is 8. The zero-order valence-electron chi connectivity index (χ0n) is 23.7. The minimum atomic E-state index is -0.594. The van der Waals surface area contributed by atoms with Crippen LogP contribution in [0.2, 0.25) is 0 Å². The van der Waals surface area contributed by atoms with E-state index in [0.29, 0.717) is 12.8 Å². The largest absolute Gasteiger partial charge is 0.467 e. The average Bonchev–Trinajstić information content (AvgIpc) is 3.41. The molecule has 2 aliphatic heterocycles. The van der Waals surface area contributed by atoms with Gasteiger partial charge in [0.25, 0.3) is 0 Å². The third kappa shape index (κ3) is 7.81. The molecule has 2 aliphatic rings. The van der Waals surface area contributed by atoms with Gasteiger partial charge >= 0.3 is 11.9 Å². The lowest BCUT2D eigenvalue weighted by Crippen LogP contribution is -2.50. The first-order valence-electron chi connectivity index (χ1n) is 13.0. The van der Waals surface area contributed by atoms with E-state index in [1.165, 1.54) is 19.1 Å². The number of aliphatic hydroxyl groups excluding tert-OH is 1. The first kappa shape index (κ1) is 34.6. The van der Waals surface area contributed by atoms with Crippen molar-refractivity contribution in [2.75, 3.05) is 20.8 Å². The summed E-state index contributed by atoms with van der Waals surface area (Å²) >= 11 is 6.78. The van der Waals surface area contributed by atoms with E-state index < -0.39 is 18.1 Å². The molecule has 0 radical (unpaired) electrons. The fraction of sp³-hybridized carbons (Fsp3) is 0.778. The van der Waals surface area contributed by atoms with Crippen molar-refractivity contribution in [3.63, 3.8) is 0 Å². The van der Waals surface area contributed by atoms with Crippen molar-refractivity contribution in [1.29, 1.82) is 0 Å². The van der Waals surface area contributed by atoms with Crippen molar-refractivity contribution in [2.45, 2.75) is 88.2 Å². The van der Waals surface area contributed by atoms with E-state index in [1.807, 2.05) is 41.5 Å². The summed E-state index contributed by atoms with van der Waals surface area (Å²) in [6.45, 7) is 15.4. The van der Waals surface area contributed by atoms with Gasteiger partial charge in [0.05, 0.1) is 42.6 Å². The van der Waals surface area contributed by atoms with Crippen LogP contribution < -0.4 is 0 Å². The molecule has 8 atom stereocenters. The van der Waals surface area contributed by atoms with E-state index in [4.69, 9.17) is 9.47 Å². The number of esters is 2. The number of methoxy groups -OCH3 is 2. The van der Waals surface area contributed by atoms with Gasteiger partial charge in [-0.05, 0) is 36.5 Å². The van der Waals surface area contributed by atoms with Gasteiger partial charge in [-0.25, -0.2) is 9.59 Å². The maximum absolute atomic E-state index is 12.6. The summed E-state index contributed by atoms with van der Waals surface area (Å²) in [5, 5.41) is 9.49. The molecule has 2 saturated heterocycles. The fourth-order valence-electron chi connectivity index (χ4n) is 4.99. The van der Waals surface area contributed by atoms with Crippen LogP contribution in [0.1, 0.15) is 54.4 Å². The molecule has 0 aromatic rings. The summed E-state index contributed by atoms with van der Waals surface area (Å²) in [6, 6.07) is -1.54. The van der Waals surface area contributed by atoms with Crippen LogP contribution in [-0.4, -0.2) is 93.3 Å². The molecule has 38 heavy (non-hydrogen) atoms. The number of alkyl halides is 2. The number of nitrogens with zero attached hydrogens (tertiary/aromatic N) is 2. The van der Waals surface area contributed by atoms with Crippen LogP contribution in [0, 0.1) is 23.7 Å². The minimum Gasteiger partial charge on any atom is -0.467 e. The Morgan fingerprint density at radius 1 is 0.868 bits per heavy atom. The molecule has 2 unspecified atom stereocenters. The van der Waals surface area contributed by atoms with Crippen molar-refractivity contribution in [3.8, 4) is 0 Å². The Bertz CT molecular complexity index is 853. The number of carbonyl (C=O) groups excluding carboxylic acids is 4. The second-order valence-corrected chi connectivity index (χ2v) is 12.7. The monoisotopic (exact) mass is 666 g/mol. The molecule has 0 aromatic heterocycles. The van der Waals surface area contributed by atoms with Crippen LogP contribution in [0.25, 0.3) is 0 Å². The molecular weight excluding hydrogens is 624 g/mol. The number of ether oxygens (including phenoxy) is 2. The van der Waals surface area contributed by atoms with Crippen molar-refractivity contribution in [1.82, 2.24) is 9.80 Å². The summed E-state index contributed by atoms with van der Waals surface area (Å²) in [4.78, 5) is 51.2. The van der Waals surface area contributed by atoms with E-state index >= 15 is 0 Å². The van der Waals surface area contributed by atoms with Gasteiger partial charge in [0.1, 0.15) is 12.1 Å². The maximum atomic E-state index is 12.6. The smallest absolute Gasteiger partial charge is 0.328 e. The van der Waals surface area contributed by atoms with Crippen LogP contribution >= 0.6 is 31.9 Å². The first-order valence-corrected chi connectivity index (χ1v) is 14.8. The minimum absolute atomic E-state index is 0.0698. The number of hydrogen-bond donors (Lipinski definition) is 1. The van der Waals surface area contributed by atoms with Crippen LogP contribution in [0.5, 0.6) is 0 Å². The molecule has 2 rings (SSSR count). The summed E-state index contributed by atoms with van der Waals surface area (Å²) in [7, 11) is 2.67. The normalized spacial score (nSPS) is 28.4. The molecule has 0 aromatic carbocycles. The Kier molecular flexibility index (Phi) is 14.0. The summed E-state index contributed by atoms with van der Waals surface area (Å²) in [5.74, 6) is -0.448. The highest BCUT2D eigenvalue weighted by Gasteiger charge is 2.47. The highest BCUT2D eigenvalue weighted by Crippen LogP contribution is 2.34. The Labute approximate surface area is 243 Å². The molecule has 0 spiro atoms. The van der Waals surface area contributed by atoms with Crippen molar-refractivity contribution >= 4 is 55.6 Å².